The van der Waals surface area contributed by atoms with E-state index in [9.17, 15) is 9.59 Å². The zero-order valence-corrected chi connectivity index (χ0v) is 19.7. The molecule has 30 heavy (non-hydrogen) atoms. The van der Waals surface area contributed by atoms with Crippen molar-refractivity contribution >= 4 is 53.9 Å². The second-order valence-electron chi connectivity index (χ2n) is 5.79. The number of hydrogen-bond acceptors (Lipinski definition) is 6. The van der Waals surface area contributed by atoms with E-state index < -0.39 is 15.8 Å². The number of nitrogens with one attached hydrogen (secondary N) is 1. The van der Waals surface area contributed by atoms with Gasteiger partial charge < -0.3 is 0 Å². The molecule has 7 nitrogen and oxygen atoms in total. The van der Waals surface area contributed by atoms with Crippen LogP contribution in [0.5, 0.6) is 23.0 Å². The van der Waals surface area contributed by atoms with Crippen molar-refractivity contribution in [3.63, 3.8) is 0 Å². The van der Waals surface area contributed by atoms with Crippen LogP contribution in [0.4, 0.5) is 5.69 Å². The van der Waals surface area contributed by atoms with Crippen molar-refractivity contribution in [1.82, 2.24) is 0 Å². The molecule has 1 N–H and O–H groups in total. The Hall–Kier alpha value is -2.63. The zero-order valence-electron chi connectivity index (χ0n) is 17.0. The molecule has 0 atom stereocenters. The van der Waals surface area contributed by atoms with Crippen molar-refractivity contribution in [3.8, 4) is 23.0 Å². The molecule has 0 aliphatic carbocycles. The quantitative estimate of drug-likeness (QED) is 0.310. The summed E-state index contributed by atoms with van der Waals surface area (Å²) >= 11 is 4.80. The summed E-state index contributed by atoms with van der Waals surface area (Å²) in [6.45, 7) is 0. The summed E-state index contributed by atoms with van der Waals surface area (Å²) in [6, 6.07) is 8.54. The van der Waals surface area contributed by atoms with Crippen molar-refractivity contribution in [2.45, 2.75) is 0 Å². The van der Waals surface area contributed by atoms with Gasteiger partial charge in [0.2, 0.25) is 0 Å². The molecule has 9 heteroatoms. The average Bonchev–Trinajstić information content (AvgIpc) is 2.77. The van der Waals surface area contributed by atoms with E-state index >= 15 is 0 Å². The predicted octanol–water partition coefficient (Wildman–Crippen LogP) is 2.47. The van der Waals surface area contributed by atoms with E-state index in [1.54, 1.807) is 43.5 Å². The summed E-state index contributed by atoms with van der Waals surface area (Å²) in [5, 5.41) is 2.78. The SMILES string of the molecule is COc1cc(OC)c(C=CC(=O)Nc2ccc(OC)c([As]C(=O)CCl)c2)c(OC)c1. The summed E-state index contributed by atoms with van der Waals surface area (Å²) in [6.07, 6.45) is 2.97. The molecule has 1 radical (unpaired) electrons. The molecule has 0 fully saturated rings. The number of ether oxygens (including phenoxy) is 4. The van der Waals surface area contributed by atoms with E-state index in [4.69, 9.17) is 30.5 Å². The molecule has 0 bridgehead atoms. The summed E-state index contributed by atoms with van der Waals surface area (Å²) in [7, 11) is 6.12. The van der Waals surface area contributed by atoms with Crippen molar-refractivity contribution < 1.29 is 28.5 Å². The van der Waals surface area contributed by atoms with Gasteiger partial charge in [-0.15, -0.1) is 0 Å². The fraction of sp³-hybridized carbons (Fsp3) is 0.238. The molecule has 0 heterocycles. The van der Waals surface area contributed by atoms with E-state index in [0.29, 0.717) is 34.2 Å². The van der Waals surface area contributed by atoms with Crippen LogP contribution in [-0.4, -0.2) is 60.5 Å². The predicted molar refractivity (Wildman–Crippen MR) is 118 cm³/mol. The Labute approximate surface area is 187 Å². The number of benzene rings is 2. The number of carbonyl (C=O) groups is 2. The molecule has 1 amide bonds. The van der Waals surface area contributed by atoms with Gasteiger partial charge in [0.25, 0.3) is 0 Å². The monoisotopic (exact) mass is 494 g/mol. The first-order valence-electron chi connectivity index (χ1n) is 8.73. The topological polar surface area (TPSA) is 83.1 Å². The maximum atomic E-state index is 12.4. The number of hydrogen-bond donors (Lipinski definition) is 1. The van der Waals surface area contributed by atoms with E-state index in [2.05, 4.69) is 5.32 Å². The third-order valence-electron chi connectivity index (χ3n) is 3.96. The van der Waals surface area contributed by atoms with Gasteiger partial charge in [0, 0.05) is 0 Å². The Morgan fingerprint density at radius 1 is 0.967 bits per heavy atom. The van der Waals surface area contributed by atoms with Crippen LogP contribution in [0.3, 0.4) is 0 Å². The molecular weight excluding hydrogens is 473 g/mol. The first-order chi connectivity index (χ1) is 14.4. The second-order valence-corrected chi connectivity index (χ2v) is 8.59. The first kappa shape index (κ1) is 23.6. The summed E-state index contributed by atoms with van der Waals surface area (Å²) in [4.78, 5) is 24.2. The van der Waals surface area contributed by atoms with Crippen LogP contribution in [0.15, 0.2) is 36.4 Å². The number of anilines is 1. The van der Waals surface area contributed by atoms with Gasteiger partial charge in [-0.1, -0.05) is 0 Å². The first-order valence-corrected chi connectivity index (χ1v) is 11.1. The van der Waals surface area contributed by atoms with Gasteiger partial charge in [-0.05, 0) is 0 Å². The fourth-order valence-corrected chi connectivity index (χ4v) is 4.57. The van der Waals surface area contributed by atoms with Crippen molar-refractivity contribution in [1.29, 1.82) is 0 Å². The molecule has 2 aromatic carbocycles. The molecule has 0 spiro atoms. The van der Waals surface area contributed by atoms with Crippen LogP contribution in [-0.2, 0) is 9.59 Å². The van der Waals surface area contributed by atoms with Gasteiger partial charge in [-0.2, -0.15) is 0 Å². The summed E-state index contributed by atoms with van der Waals surface area (Å²) in [5.74, 6) is 1.77. The van der Waals surface area contributed by atoms with Crippen LogP contribution in [0, 0.1) is 0 Å². The molecule has 0 saturated heterocycles. The van der Waals surface area contributed by atoms with E-state index in [0.717, 1.165) is 4.35 Å². The van der Waals surface area contributed by atoms with Crippen LogP contribution in [0.2, 0.25) is 0 Å². The number of amides is 1. The van der Waals surface area contributed by atoms with Crippen LogP contribution < -0.4 is 28.6 Å². The molecule has 2 rings (SSSR count). The normalized spacial score (nSPS) is 11.0. The van der Waals surface area contributed by atoms with Crippen LogP contribution >= 0.6 is 11.6 Å². The van der Waals surface area contributed by atoms with E-state index in [1.807, 2.05) is 0 Å². The second kappa shape index (κ2) is 11.5. The molecule has 0 unspecified atom stereocenters. The third kappa shape index (κ3) is 6.18. The minimum absolute atomic E-state index is 0.0476. The number of halogens is 1. The molecular formula is C21H22AsClNO6. The van der Waals surface area contributed by atoms with Crippen LogP contribution in [0.1, 0.15) is 5.56 Å². The van der Waals surface area contributed by atoms with Gasteiger partial charge in [0.15, 0.2) is 0 Å². The third-order valence-corrected chi connectivity index (χ3v) is 6.70. The van der Waals surface area contributed by atoms with Gasteiger partial charge in [-0.3, -0.25) is 0 Å². The Kier molecular flexibility index (Phi) is 9.09. The van der Waals surface area contributed by atoms with Gasteiger partial charge >= 0.3 is 180 Å². The summed E-state index contributed by atoms with van der Waals surface area (Å²) < 4.78 is 21.9. The average molecular weight is 495 g/mol. The molecule has 159 valence electrons. The van der Waals surface area contributed by atoms with Crippen molar-refractivity contribution in [2.75, 3.05) is 39.6 Å². The van der Waals surface area contributed by atoms with Crippen LogP contribution in [0.25, 0.3) is 6.08 Å². The van der Waals surface area contributed by atoms with Crippen molar-refractivity contribution in [3.05, 3.63) is 42.0 Å². The Bertz CT molecular complexity index is 922. The standard InChI is InChI=1S/C21H22AsClNO6/c1-27-14-10-18(29-3)15(19(11-14)30-4)6-8-21(26)24-13-5-7-17(28-2)16(9-13)22-20(25)12-23/h5-11H,12H2,1-4H3,(H,24,26). The van der Waals surface area contributed by atoms with Gasteiger partial charge in [0.1, 0.15) is 0 Å². The van der Waals surface area contributed by atoms with Gasteiger partial charge in [-0.25, -0.2) is 0 Å². The summed E-state index contributed by atoms with van der Waals surface area (Å²) in [5.41, 5.74) is 1.15. The fourth-order valence-electron chi connectivity index (χ4n) is 2.56. The number of rotatable bonds is 10. The number of methoxy groups -OCH3 is 4. The molecule has 0 aliphatic heterocycles. The van der Waals surface area contributed by atoms with E-state index in [1.165, 1.54) is 27.4 Å². The molecule has 0 saturated carbocycles. The zero-order chi connectivity index (χ0) is 22.1. The molecule has 0 aromatic heterocycles. The Morgan fingerprint density at radius 2 is 1.60 bits per heavy atom. The number of carbonyl (C=O) groups excluding carboxylic acids is 2. The molecule has 2 aromatic rings. The van der Waals surface area contributed by atoms with E-state index in [-0.39, 0.29) is 16.4 Å². The van der Waals surface area contributed by atoms with Crippen molar-refractivity contribution in [2.24, 2.45) is 0 Å². The maximum absolute atomic E-state index is 12.4. The molecule has 0 aliphatic rings. The minimum atomic E-state index is -0.818. The Balaban J connectivity index is 2.22. The van der Waals surface area contributed by atoms with Gasteiger partial charge in [0.05, 0.1) is 7.11 Å². The number of alkyl halides is 1. The Morgan fingerprint density at radius 3 is 2.13 bits per heavy atom.